The highest BCUT2D eigenvalue weighted by atomic mass is 19.1. The van der Waals surface area contributed by atoms with Crippen LogP contribution >= 0.6 is 0 Å². The molecule has 0 atom stereocenters. The van der Waals surface area contributed by atoms with Crippen molar-refractivity contribution in [3.05, 3.63) is 113 Å². The zero-order valence-corrected chi connectivity index (χ0v) is 20.0. The monoisotopic (exact) mass is 489 g/mol. The van der Waals surface area contributed by atoms with E-state index in [0.717, 1.165) is 0 Å². The average molecular weight is 490 g/mol. The highest BCUT2D eigenvalue weighted by Crippen LogP contribution is 2.42. The van der Waals surface area contributed by atoms with Crippen LogP contribution in [0.15, 0.2) is 95.3 Å². The summed E-state index contributed by atoms with van der Waals surface area (Å²) < 4.78 is 32.3. The summed E-state index contributed by atoms with van der Waals surface area (Å²) in [5.74, 6) is -2.04. The molecule has 1 heterocycles. The average Bonchev–Trinajstić information content (AvgIpc) is 2.86. The zero-order valence-electron chi connectivity index (χ0n) is 20.0. The molecule has 0 aliphatic carbocycles. The van der Waals surface area contributed by atoms with Gasteiger partial charge in [0, 0.05) is 39.5 Å². The summed E-state index contributed by atoms with van der Waals surface area (Å²) in [5.41, 5.74) is 3.15. The normalized spacial score (nSPS) is 13.8. The van der Waals surface area contributed by atoms with Gasteiger partial charge in [-0.2, -0.15) is 0 Å². The maximum atomic E-state index is 13.6. The number of benzene rings is 3. The molecule has 36 heavy (non-hydrogen) atoms. The van der Waals surface area contributed by atoms with E-state index in [1.807, 2.05) is 0 Å². The van der Waals surface area contributed by atoms with Crippen LogP contribution in [-0.4, -0.2) is 18.9 Å². The van der Waals surface area contributed by atoms with Crippen LogP contribution in [0, 0.1) is 11.6 Å². The first-order valence-corrected chi connectivity index (χ1v) is 11.2. The van der Waals surface area contributed by atoms with E-state index in [0.29, 0.717) is 45.2 Å². The van der Waals surface area contributed by atoms with Crippen LogP contribution in [-0.2, 0) is 9.59 Å². The number of amides is 2. The Morgan fingerprint density at radius 3 is 1.64 bits per heavy atom. The summed E-state index contributed by atoms with van der Waals surface area (Å²) in [5, 5.41) is 8.74. The van der Waals surface area contributed by atoms with E-state index in [-0.39, 0.29) is 0 Å². The number of carbonyl (C=O) groups is 2. The standard InChI is InChI=1S/C28H25F2N3O3/c1-16-24(27(34)32-20-12-8-18(29)9-13-20)26(22-6-4-5-7-23(22)36-3)25(17(2)31-16)28(35)33-21-14-10-19(30)11-15-21/h4-15,26,31H,1-3H3,(H,32,34)(H,33,35). The molecule has 0 spiro atoms. The Labute approximate surface area is 207 Å². The summed E-state index contributed by atoms with van der Waals surface area (Å²) in [6.45, 7) is 3.50. The van der Waals surface area contributed by atoms with Gasteiger partial charge in [-0.25, -0.2) is 8.78 Å². The Kier molecular flexibility index (Phi) is 7.15. The number of methoxy groups -OCH3 is 1. The quantitative estimate of drug-likeness (QED) is 0.428. The van der Waals surface area contributed by atoms with Gasteiger partial charge < -0.3 is 20.7 Å². The van der Waals surface area contributed by atoms with E-state index in [9.17, 15) is 18.4 Å². The van der Waals surface area contributed by atoms with Crippen molar-refractivity contribution in [3.63, 3.8) is 0 Å². The highest BCUT2D eigenvalue weighted by molar-refractivity contribution is 6.12. The second-order valence-electron chi connectivity index (χ2n) is 8.30. The molecule has 0 bridgehead atoms. The lowest BCUT2D eigenvalue weighted by atomic mass is 9.79. The minimum absolute atomic E-state index is 0.304. The molecule has 3 aromatic rings. The fourth-order valence-electron chi connectivity index (χ4n) is 4.28. The third-order valence-electron chi connectivity index (χ3n) is 5.90. The lowest BCUT2D eigenvalue weighted by Crippen LogP contribution is -2.35. The number of nitrogens with one attached hydrogen (secondary N) is 3. The molecule has 184 valence electrons. The first-order valence-electron chi connectivity index (χ1n) is 11.2. The molecular weight excluding hydrogens is 464 g/mol. The van der Waals surface area contributed by atoms with Crippen molar-refractivity contribution in [3.8, 4) is 5.75 Å². The fourth-order valence-corrected chi connectivity index (χ4v) is 4.28. The van der Waals surface area contributed by atoms with Crippen LogP contribution < -0.4 is 20.7 Å². The maximum Gasteiger partial charge on any atom is 0.254 e. The summed E-state index contributed by atoms with van der Waals surface area (Å²) in [6, 6.07) is 18.0. The van der Waals surface area contributed by atoms with Crippen LogP contribution in [0.2, 0.25) is 0 Å². The third-order valence-corrected chi connectivity index (χ3v) is 5.90. The molecule has 6 nitrogen and oxygen atoms in total. The molecule has 0 aromatic heterocycles. The van der Waals surface area contributed by atoms with E-state index >= 15 is 0 Å². The second-order valence-corrected chi connectivity index (χ2v) is 8.30. The Hall–Kier alpha value is -4.46. The van der Waals surface area contributed by atoms with Crippen LogP contribution in [0.25, 0.3) is 0 Å². The van der Waals surface area contributed by atoms with Crippen LogP contribution in [0.1, 0.15) is 25.3 Å². The Bertz CT molecular complexity index is 1280. The van der Waals surface area contributed by atoms with Crippen molar-refractivity contribution in [2.45, 2.75) is 19.8 Å². The van der Waals surface area contributed by atoms with Gasteiger partial charge in [0.15, 0.2) is 0 Å². The van der Waals surface area contributed by atoms with Crippen molar-refractivity contribution in [2.75, 3.05) is 17.7 Å². The van der Waals surface area contributed by atoms with Gasteiger partial charge in [0.1, 0.15) is 17.4 Å². The minimum Gasteiger partial charge on any atom is -0.496 e. The van der Waals surface area contributed by atoms with E-state index in [1.54, 1.807) is 38.1 Å². The number of dihydropyridines is 1. The number of para-hydroxylation sites is 1. The smallest absolute Gasteiger partial charge is 0.254 e. The molecule has 1 aliphatic heterocycles. The van der Waals surface area contributed by atoms with Crippen molar-refractivity contribution in [1.82, 2.24) is 5.32 Å². The van der Waals surface area contributed by atoms with E-state index in [4.69, 9.17) is 4.74 Å². The molecule has 4 rings (SSSR count). The minimum atomic E-state index is -0.789. The molecule has 0 fully saturated rings. The molecule has 0 unspecified atom stereocenters. The van der Waals surface area contributed by atoms with E-state index in [2.05, 4.69) is 16.0 Å². The van der Waals surface area contributed by atoms with Crippen molar-refractivity contribution in [2.24, 2.45) is 0 Å². The molecule has 3 aromatic carbocycles. The van der Waals surface area contributed by atoms with Crippen LogP contribution in [0.4, 0.5) is 20.2 Å². The Morgan fingerprint density at radius 2 is 1.19 bits per heavy atom. The summed E-state index contributed by atoms with van der Waals surface area (Å²) in [6.07, 6.45) is 0. The fraction of sp³-hybridized carbons (Fsp3) is 0.143. The van der Waals surface area contributed by atoms with Gasteiger partial charge >= 0.3 is 0 Å². The Balaban J connectivity index is 1.78. The Morgan fingerprint density at radius 1 is 0.750 bits per heavy atom. The number of carbonyl (C=O) groups excluding carboxylic acids is 2. The second kappa shape index (κ2) is 10.4. The van der Waals surface area contributed by atoms with Crippen LogP contribution in [0.5, 0.6) is 5.75 Å². The molecule has 2 amide bonds. The number of rotatable bonds is 6. The number of hydrogen-bond acceptors (Lipinski definition) is 4. The molecule has 1 aliphatic rings. The number of allylic oxidation sites excluding steroid dienone is 2. The van der Waals surface area contributed by atoms with Gasteiger partial charge in [0.05, 0.1) is 13.0 Å². The number of hydrogen-bond donors (Lipinski definition) is 3. The number of anilines is 2. The molecule has 0 saturated heterocycles. The van der Waals surface area contributed by atoms with Gasteiger partial charge in [-0.1, -0.05) is 18.2 Å². The molecule has 3 N–H and O–H groups in total. The van der Waals surface area contributed by atoms with Gasteiger partial charge in [0.25, 0.3) is 11.8 Å². The lowest BCUT2D eigenvalue weighted by molar-refractivity contribution is -0.113. The van der Waals surface area contributed by atoms with Gasteiger partial charge in [-0.15, -0.1) is 0 Å². The SMILES string of the molecule is COc1ccccc1C1C(C(=O)Nc2ccc(F)cc2)=C(C)NC(C)=C1C(=O)Nc1ccc(F)cc1. The zero-order chi connectivity index (χ0) is 25.8. The summed E-state index contributed by atoms with van der Waals surface area (Å²) in [4.78, 5) is 27.2. The molecule has 0 radical (unpaired) electrons. The van der Waals surface area contributed by atoms with Crippen molar-refractivity contribution >= 4 is 23.2 Å². The molecular formula is C28H25F2N3O3. The van der Waals surface area contributed by atoms with Gasteiger partial charge in [-0.3, -0.25) is 9.59 Å². The predicted octanol–water partition coefficient (Wildman–Crippen LogP) is 5.49. The van der Waals surface area contributed by atoms with E-state index < -0.39 is 29.4 Å². The predicted molar refractivity (Wildman–Crippen MR) is 134 cm³/mol. The molecule has 0 saturated carbocycles. The lowest BCUT2D eigenvalue weighted by Gasteiger charge is -2.32. The first-order chi connectivity index (χ1) is 17.3. The van der Waals surface area contributed by atoms with Crippen molar-refractivity contribution < 1.29 is 23.1 Å². The van der Waals surface area contributed by atoms with Gasteiger partial charge in [0.2, 0.25) is 0 Å². The molecule has 8 heteroatoms. The summed E-state index contributed by atoms with van der Waals surface area (Å²) in [7, 11) is 1.52. The van der Waals surface area contributed by atoms with Gasteiger partial charge in [-0.05, 0) is 68.4 Å². The largest absolute Gasteiger partial charge is 0.496 e. The topological polar surface area (TPSA) is 79.5 Å². The summed E-state index contributed by atoms with van der Waals surface area (Å²) >= 11 is 0. The maximum absolute atomic E-state index is 13.6. The highest BCUT2D eigenvalue weighted by Gasteiger charge is 2.38. The van der Waals surface area contributed by atoms with Crippen LogP contribution in [0.3, 0.4) is 0 Å². The van der Waals surface area contributed by atoms with Crippen molar-refractivity contribution in [1.29, 1.82) is 0 Å². The first kappa shape index (κ1) is 24.7. The third kappa shape index (κ3) is 5.12. The number of halogens is 2. The number of ether oxygens (including phenoxy) is 1. The van der Waals surface area contributed by atoms with E-state index in [1.165, 1.54) is 55.6 Å².